The summed E-state index contributed by atoms with van der Waals surface area (Å²) in [4.78, 5) is 12.8. The molecule has 0 aliphatic carbocycles. The molecule has 0 aromatic carbocycles. The highest BCUT2D eigenvalue weighted by atomic mass is 16.1. The van der Waals surface area contributed by atoms with Gasteiger partial charge in [0.25, 0.3) is 0 Å². The fraction of sp³-hybridized carbons (Fsp3) is 0.700. The van der Waals surface area contributed by atoms with Crippen LogP contribution in [-0.2, 0) is 4.79 Å². The fourth-order valence-corrected chi connectivity index (χ4v) is 1.40. The molecule has 0 bridgehead atoms. The molecule has 13 heavy (non-hydrogen) atoms. The van der Waals surface area contributed by atoms with E-state index in [1.807, 2.05) is 18.7 Å². The molecule has 1 saturated heterocycles. The molecule has 0 saturated carbocycles. The van der Waals surface area contributed by atoms with Crippen LogP contribution in [0.1, 0.15) is 26.7 Å². The molecule has 0 aromatic rings. The van der Waals surface area contributed by atoms with E-state index in [4.69, 9.17) is 5.73 Å². The molecule has 3 nitrogen and oxygen atoms in total. The number of primary amides is 1. The summed E-state index contributed by atoms with van der Waals surface area (Å²) in [6.07, 6.45) is 3.74. The van der Waals surface area contributed by atoms with Crippen LogP contribution in [0.5, 0.6) is 0 Å². The van der Waals surface area contributed by atoms with Gasteiger partial charge in [-0.1, -0.05) is 20.4 Å². The number of nitrogens with zero attached hydrogens (tertiary/aromatic N) is 1. The van der Waals surface area contributed by atoms with E-state index >= 15 is 0 Å². The van der Waals surface area contributed by atoms with Crippen molar-refractivity contribution in [3.05, 3.63) is 12.8 Å². The molecule has 1 aliphatic heterocycles. The number of likely N-dealkylation sites (tertiary alicyclic amines) is 1. The summed E-state index contributed by atoms with van der Waals surface area (Å²) >= 11 is 0. The van der Waals surface area contributed by atoms with E-state index in [1.165, 1.54) is 0 Å². The lowest BCUT2D eigenvalue weighted by molar-refractivity contribution is -0.123. The molecule has 1 aliphatic rings. The van der Waals surface area contributed by atoms with Crippen molar-refractivity contribution in [3.8, 4) is 0 Å². The molecule has 3 heteroatoms. The lowest BCUT2D eigenvalue weighted by Gasteiger charge is -2.29. The predicted molar refractivity (Wildman–Crippen MR) is 55.0 cm³/mol. The Morgan fingerprint density at radius 3 is 2.69 bits per heavy atom. The quantitative estimate of drug-likeness (QED) is 0.704. The highest BCUT2D eigenvalue weighted by Gasteiger charge is 2.21. The first-order valence-electron chi connectivity index (χ1n) is 4.90. The topological polar surface area (TPSA) is 46.3 Å². The molecule has 2 N–H and O–H groups in total. The summed E-state index contributed by atoms with van der Waals surface area (Å²) in [5, 5.41) is 0. The van der Waals surface area contributed by atoms with Gasteiger partial charge < -0.3 is 10.6 Å². The Hall–Kier alpha value is -0.990. The van der Waals surface area contributed by atoms with Crippen LogP contribution < -0.4 is 5.73 Å². The van der Waals surface area contributed by atoms with E-state index in [1.54, 1.807) is 6.20 Å². The standard InChI is InChI=1S/C8H14N2O.C2H6/c1-2-10-5-3-4-7(6-10)8(9)11;1-2/h2,7H,1,3-6H2,(H2,9,11);1-2H3. The summed E-state index contributed by atoms with van der Waals surface area (Å²) in [6.45, 7) is 9.41. The molecule has 1 amide bonds. The zero-order valence-corrected chi connectivity index (χ0v) is 8.62. The Balaban J connectivity index is 0.000000671. The first-order valence-corrected chi connectivity index (χ1v) is 4.90. The average Bonchev–Trinajstić information content (AvgIpc) is 2.21. The summed E-state index contributed by atoms with van der Waals surface area (Å²) in [6, 6.07) is 0. The van der Waals surface area contributed by atoms with Gasteiger partial charge in [0.05, 0.1) is 5.92 Å². The highest BCUT2D eigenvalue weighted by molar-refractivity contribution is 5.76. The molecule has 0 radical (unpaired) electrons. The van der Waals surface area contributed by atoms with E-state index < -0.39 is 0 Å². The van der Waals surface area contributed by atoms with Crippen molar-refractivity contribution in [1.29, 1.82) is 0 Å². The molecule has 1 unspecified atom stereocenters. The largest absolute Gasteiger partial charge is 0.377 e. The van der Waals surface area contributed by atoms with Crippen molar-refractivity contribution < 1.29 is 4.79 Å². The Morgan fingerprint density at radius 2 is 2.23 bits per heavy atom. The fourth-order valence-electron chi connectivity index (χ4n) is 1.40. The van der Waals surface area contributed by atoms with Gasteiger partial charge in [-0.2, -0.15) is 0 Å². The van der Waals surface area contributed by atoms with E-state index in [0.29, 0.717) is 0 Å². The van der Waals surface area contributed by atoms with Crippen LogP contribution in [0, 0.1) is 5.92 Å². The van der Waals surface area contributed by atoms with Gasteiger partial charge in [0.2, 0.25) is 5.91 Å². The summed E-state index contributed by atoms with van der Waals surface area (Å²) < 4.78 is 0. The highest BCUT2D eigenvalue weighted by Crippen LogP contribution is 2.15. The van der Waals surface area contributed by atoms with Gasteiger partial charge in [-0.15, -0.1) is 0 Å². The average molecular weight is 184 g/mol. The van der Waals surface area contributed by atoms with Gasteiger partial charge >= 0.3 is 0 Å². The maximum atomic E-state index is 10.8. The summed E-state index contributed by atoms with van der Waals surface area (Å²) in [7, 11) is 0. The second-order valence-corrected chi connectivity index (χ2v) is 2.92. The zero-order valence-electron chi connectivity index (χ0n) is 8.62. The van der Waals surface area contributed by atoms with E-state index in [0.717, 1.165) is 25.9 Å². The number of nitrogens with two attached hydrogens (primary N) is 1. The minimum Gasteiger partial charge on any atom is -0.377 e. The van der Waals surface area contributed by atoms with Crippen molar-refractivity contribution in [2.75, 3.05) is 13.1 Å². The van der Waals surface area contributed by atoms with E-state index in [2.05, 4.69) is 6.58 Å². The second-order valence-electron chi connectivity index (χ2n) is 2.92. The molecule has 1 rings (SSSR count). The van der Waals surface area contributed by atoms with Crippen molar-refractivity contribution in [2.45, 2.75) is 26.7 Å². The monoisotopic (exact) mass is 184 g/mol. The first-order chi connectivity index (χ1) is 6.24. The number of hydrogen-bond donors (Lipinski definition) is 1. The minimum absolute atomic E-state index is 0.0294. The molecular weight excluding hydrogens is 164 g/mol. The minimum atomic E-state index is -0.184. The third-order valence-electron chi connectivity index (χ3n) is 2.11. The van der Waals surface area contributed by atoms with Crippen molar-refractivity contribution in [3.63, 3.8) is 0 Å². The normalized spacial score (nSPS) is 21.4. The number of carbonyl (C=O) groups is 1. The van der Waals surface area contributed by atoms with Crippen LogP contribution in [0.4, 0.5) is 0 Å². The second kappa shape index (κ2) is 6.52. The van der Waals surface area contributed by atoms with Crippen LogP contribution in [0.3, 0.4) is 0 Å². The molecule has 0 spiro atoms. The van der Waals surface area contributed by atoms with Gasteiger partial charge in [0.1, 0.15) is 0 Å². The Bertz CT molecular complexity index is 168. The third kappa shape index (κ3) is 3.97. The smallest absolute Gasteiger partial charge is 0.222 e. The summed E-state index contributed by atoms with van der Waals surface area (Å²) in [5.74, 6) is -0.154. The van der Waals surface area contributed by atoms with Gasteiger partial charge in [-0.25, -0.2) is 0 Å². The van der Waals surface area contributed by atoms with Crippen molar-refractivity contribution in [1.82, 2.24) is 4.90 Å². The van der Waals surface area contributed by atoms with Crippen LogP contribution in [0.15, 0.2) is 12.8 Å². The predicted octanol–water partition coefficient (Wildman–Crippen LogP) is 1.35. The van der Waals surface area contributed by atoms with Crippen LogP contribution >= 0.6 is 0 Å². The van der Waals surface area contributed by atoms with Gasteiger partial charge in [-0.05, 0) is 19.0 Å². The molecule has 1 fully saturated rings. The van der Waals surface area contributed by atoms with Gasteiger partial charge in [-0.3, -0.25) is 4.79 Å². The van der Waals surface area contributed by atoms with Crippen molar-refractivity contribution >= 4 is 5.91 Å². The van der Waals surface area contributed by atoms with Crippen LogP contribution in [0.2, 0.25) is 0 Å². The number of hydrogen-bond acceptors (Lipinski definition) is 2. The molecular formula is C10H20N2O. The van der Waals surface area contributed by atoms with Crippen molar-refractivity contribution in [2.24, 2.45) is 11.7 Å². The van der Waals surface area contributed by atoms with E-state index in [9.17, 15) is 4.79 Å². The lowest BCUT2D eigenvalue weighted by Crippen LogP contribution is -2.38. The zero-order chi connectivity index (χ0) is 10.3. The van der Waals surface area contributed by atoms with Gasteiger partial charge in [0, 0.05) is 13.1 Å². The Morgan fingerprint density at radius 1 is 1.62 bits per heavy atom. The number of carbonyl (C=O) groups excluding carboxylic acids is 1. The van der Waals surface area contributed by atoms with E-state index in [-0.39, 0.29) is 11.8 Å². The number of piperidine rings is 1. The number of amides is 1. The van der Waals surface area contributed by atoms with Gasteiger partial charge in [0.15, 0.2) is 0 Å². The van der Waals surface area contributed by atoms with Crippen LogP contribution in [-0.4, -0.2) is 23.9 Å². The SMILES string of the molecule is C=CN1CCCC(C(N)=O)C1.CC. The molecule has 1 atom stereocenters. The maximum absolute atomic E-state index is 10.8. The Kier molecular flexibility index (Phi) is 6.02. The molecule has 76 valence electrons. The third-order valence-corrected chi connectivity index (χ3v) is 2.11. The number of rotatable bonds is 2. The lowest BCUT2D eigenvalue weighted by atomic mass is 9.98. The van der Waals surface area contributed by atoms with Crippen LogP contribution in [0.25, 0.3) is 0 Å². The molecule has 0 aromatic heterocycles. The summed E-state index contributed by atoms with van der Waals surface area (Å²) in [5.41, 5.74) is 5.18. The maximum Gasteiger partial charge on any atom is 0.222 e. The Labute approximate surface area is 80.6 Å². The first kappa shape index (κ1) is 12.0. The molecule has 1 heterocycles.